The van der Waals surface area contributed by atoms with E-state index in [1.54, 1.807) is 31.1 Å². The van der Waals surface area contributed by atoms with Crippen molar-refractivity contribution in [2.45, 2.75) is 129 Å². The molecule has 4 atom stereocenters. The molecule has 2 aromatic rings. The molecule has 4 aliphatic rings. The Balaban J connectivity index is 0.000000496. The summed E-state index contributed by atoms with van der Waals surface area (Å²) in [5, 5.41) is 51.8. The second-order valence-electron chi connectivity index (χ2n) is 16.8. The molecule has 6 rings (SSSR count). The van der Waals surface area contributed by atoms with Crippen molar-refractivity contribution in [1.82, 2.24) is 15.5 Å². The van der Waals surface area contributed by atoms with Crippen LogP contribution in [0.15, 0.2) is 18.2 Å². The van der Waals surface area contributed by atoms with E-state index in [4.69, 9.17) is 40.0 Å². The van der Waals surface area contributed by atoms with Crippen LogP contribution in [0.3, 0.4) is 0 Å². The molecule has 69 heavy (non-hydrogen) atoms. The fourth-order valence-corrected chi connectivity index (χ4v) is 7.97. The zero-order valence-corrected chi connectivity index (χ0v) is 42.2. The molecule has 2 heterocycles. The van der Waals surface area contributed by atoms with Gasteiger partial charge in [-0.3, -0.25) is 24.0 Å². The Kier molecular flexibility index (Phi) is 29.6. The number of amides is 2. The van der Waals surface area contributed by atoms with Crippen LogP contribution in [-0.4, -0.2) is 164 Å². The van der Waals surface area contributed by atoms with E-state index in [2.05, 4.69) is 10.6 Å². The number of hydrogen-bond donors (Lipinski definition) is 8. The van der Waals surface area contributed by atoms with Crippen LogP contribution in [0.1, 0.15) is 135 Å². The summed E-state index contributed by atoms with van der Waals surface area (Å²) in [7, 11) is 5.70. The molecule has 0 spiro atoms. The van der Waals surface area contributed by atoms with Gasteiger partial charge in [-0.2, -0.15) is 0 Å². The third kappa shape index (κ3) is 18.4. The lowest BCUT2D eigenvalue weighted by molar-refractivity contribution is -0.137. The Morgan fingerprint density at radius 2 is 1.64 bits per heavy atom. The predicted octanol–water partition coefficient (Wildman–Crippen LogP) is 3.15. The highest BCUT2D eigenvalue weighted by molar-refractivity contribution is 6.31. The number of rotatable bonds is 16. The van der Waals surface area contributed by atoms with Crippen molar-refractivity contribution in [3.8, 4) is 17.2 Å². The fourth-order valence-electron chi connectivity index (χ4n) is 7.97. The molecule has 4 unspecified atom stereocenters. The van der Waals surface area contributed by atoms with Gasteiger partial charge < -0.3 is 70.5 Å². The quantitative estimate of drug-likeness (QED) is 0.0581. The number of hydrogen-bond acceptors (Lipinski definition) is 17. The van der Waals surface area contributed by atoms with E-state index in [9.17, 15) is 39.0 Å². The SMILES string of the molecule is CC.CC(CCN)OCCC(C)(C)OCCC=O.CNCC(=O)N1CCCC1C(=O)NC.CO.COc1cccc2c1C(=O)c1c(O)c3c(c(O)c1C2=O)CC(C(=O)CO)CC3.OC1CCCCO1. The zero-order chi connectivity index (χ0) is 52.3. The largest absolute Gasteiger partial charge is 0.507 e. The van der Waals surface area contributed by atoms with Crippen molar-refractivity contribution in [3.05, 3.63) is 51.6 Å². The number of methoxy groups -OCH3 is 1. The first-order valence-electron chi connectivity index (χ1n) is 23.8. The van der Waals surface area contributed by atoms with E-state index in [0.717, 1.165) is 64.9 Å². The van der Waals surface area contributed by atoms with Crippen molar-refractivity contribution in [1.29, 1.82) is 0 Å². The molecule has 0 radical (unpaired) electrons. The van der Waals surface area contributed by atoms with Gasteiger partial charge in [0.1, 0.15) is 36.2 Å². The number of phenols is 2. The monoisotopic (exact) mass is 977 g/mol. The number of likely N-dealkylation sites (N-methyl/N-ethyl adjacent to an activating group) is 2. The van der Waals surface area contributed by atoms with Crippen molar-refractivity contribution in [2.24, 2.45) is 11.7 Å². The summed E-state index contributed by atoms with van der Waals surface area (Å²) < 4.78 is 21.2. The normalized spacial score (nSPS) is 18.1. The number of nitrogens with one attached hydrogen (secondary N) is 2. The summed E-state index contributed by atoms with van der Waals surface area (Å²) in [5.41, 5.74) is 5.50. The van der Waals surface area contributed by atoms with Gasteiger partial charge in [0.25, 0.3) is 0 Å². The summed E-state index contributed by atoms with van der Waals surface area (Å²) in [6.07, 6.45) is 8.20. The van der Waals surface area contributed by atoms with Crippen LogP contribution < -0.4 is 21.1 Å². The van der Waals surface area contributed by atoms with Gasteiger partial charge >= 0.3 is 0 Å². The van der Waals surface area contributed by atoms with Gasteiger partial charge in [-0.1, -0.05) is 26.0 Å². The lowest BCUT2D eigenvalue weighted by atomic mass is 9.75. The fraction of sp³-hybridized carbons (Fsp3) is 0.640. The van der Waals surface area contributed by atoms with Crippen molar-refractivity contribution in [2.75, 3.05) is 74.4 Å². The minimum absolute atomic E-state index is 0.00130. The Morgan fingerprint density at radius 1 is 0.971 bits per heavy atom. The molecule has 0 bridgehead atoms. The zero-order valence-electron chi connectivity index (χ0n) is 42.2. The van der Waals surface area contributed by atoms with Crippen LogP contribution in [0.4, 0.5) is 0 Å². The molecule has 0 aromatic heterocycles. The number of aliphatic hydroxyl groups excluding tert-OH is 3. The third-order valence-electron chi connectivity index (χ3n) is 11.7. The van der Waals surface area contributed by atoms with Gasteiger partial charge in [0.05, 0.1) is 48.7 Å². The molecule has 2 aliphatic carbocycles. The molecule has 19 nitrogen and oxygen atoms in total. The molecule has 9 N–H and O–H groups in total. The number of likely N-dealkylation sites (tertiary alicyclic amines) is 1. The van der Waals surface area contributed by atoms with Gasteiger partial charge in [0.15, 0.2) is 17.9 Å². The molecule has 2 aromatic carbocycles. The number of aromatic hydroxyl groups is 2. The average Bonchev–Trinajstić information content (AvgIpc) is 3.86. The second kappa shape index (κ2) is 32.9. The van der Waals surface area contributed by atoms with E-state index in [0.29, 0.717) is 51.3 Å². The van der Waals surface area contributed by atoms with Crippen LogP contribution in [0.25, 0.3) is 0 Å². The van der Waals surface area contributed by atoms with E-state index < -0.39 is 30.4 Å². The Bertz CT molecular complexity index is 1940. The minimum atomic E-state index is -0.609. The number of ether oxygens (including phenoxy) is 4. The van der Waals surface area contributed by atoms with Crippen molar-refractivity contribution in [3.63, 3.8) is 0 Å². The summed E-state index contributed by atoms with van der Waals surface area (Å²) in [5.74, 6) is -2.63. The van der Waals surface area contributed by atoms with Crippen LogP contribution >= 0.6 is 0 Å². The van der Waals surface area contributed by atoms with E-state index in [1.807, 2.05) is 34.6 Å². The minimum Gasteiger partial charge on any atom is -0.507 e. The molecule has 0 saturated carbocycles. The smallest absolute Gasteiger partial charge is 0.242 e. The standard InChI is InChI=1S/C21H18O7.C12H25NO3.C9H17N3O2.C5H10O2.C2H6.CH4O/c1-28-14-4-2-3-11-15(14)21(27)17-16(19(11)25)20(26)12-7-9(13(23)8-22)5-6-10(12)18(17)24;1-11(5-7-13)15-10-6-12(2,3)16-9-4-8-14;1-10-6-8(13)12-5-3-4-7(12)9(14)11-2;6-5-3-1-2-4-7-5;2*1-2/h2-4,9,22,24,26H,5-8H2,1H3;8,11H,4-7,9-10,13H2,1-3H3;7,10H,3-6H2,1-2H3,(H,11,14);5-6H,1-4H2;1-2H3;2H,1H3. The lowest BCUT2D eigenvalue weighted by Gasteiger charge is -2.29. The summed E-state index contributed by atoms with van der Waals surface area (Å²) >= 11 is 0. The number of nitrogens with two attached hydrogens (primary N) is 1. The number of aldehydes is 1. The topological polar surface area (TPSA) is 294 Å². The molecule has 2 fully saturated rings. The first-order valence-corrected chi connectivity index (χ1v) is 23.8. The van der Waals surface area contributed by atoms with Crippen LogP contribution in [-0.2, 0) is 46.2 Å². The Morgan fingerprint density at radius 3 is 2.19 bits per heavy atom. The van der Waals surface area contributed by atoms with Crippen LogP contribution in [0, 0.1) is 5.92 Å². The maximum Gasteiger partial charge on any atom is 0.242 e. The van der Waals surface area contributed by atoms with Crippen LogP contribution in [0.5, 0.6) is 17.2 Å². The average molecular weight is 977 g/mol. The van der Waals surface area contributed by atoms with Crippen molar-refractivity contribution < 1.29 is 73.2 Å². The van der Waals surface area contributed by atoms with Crippen molar-refractivity contribution >= 4 is 35.5 Å². The number of ketones is 3. The Hall–Kier alpha value is -4.86. The highest BCUT2D eigenvalue weighted by atomic mass is 16.6. The number of carbonyl (C=O) groups excluding carboxylic acids is 6. The first kappa shape index (κ1) is 62.2. The predicted molar refractivity (Wildman–Crippen MR) is 260 cm³/mol. The van der Waals surface area contributed by atoms with E-state index in [-0.39, 0.29) is 93.3 Å². The molecule has 2 aliphatic heterocycles. The number of fused-ring (bicyclic) bond motifs is 3. The summed E-state index contributed by atoms with van der Waals surface area (Å²) in [4.78, 5) is 72.8. The highest BCUT2D eigenvalue weighted by Crippen LogP contribution is 2.47. The Labute approximate surface area is 407 Å². The molecular weight excluding hydrogens is 897 g/mol. The van der Waals surface area contributed by atoms with E-state index >= 15 is 0 Å². The maximum atomic E-state index is 13.1. The number of phenolic OH excluding ortho intramolecular Hbond substituents is 2. The number of aliphatic hydroxyl groups is 3. The molecule has 390 valence electrons. The second-order valence-corrected chi connectivity index (χ2v) is 16.8. The van der Waals surface area contributed by atoms with Gasteiger partial charge in [0, 0.05) is 62.9 Å². The number of nitrogens with zero attached hydrogens (tertiary/aromatic N) is 1. The summed E-state index contributed by atoms with van der Waals surface area (Å²) in [6, 6.07) is 4.32. The first-order chi connectivity index (χ1) is 33.0. The molecular formula is C50H80N4O15. The maximum absolute atomic E-state index is 13.1. The van der Waals surface area contributed by atoms with Gasteiger partial charge in [-0.25, -0.2) is 0 Å². The van der Waals surface area contributed by atoms with Gasteiger partial charge in [-0.15, -0.1) is 0 Å². The number of benzene rings is 2. The molecule has 19 heteroatoms. The lowest BCUT2D eigenvalue weighted by Crippen LogP contribution is -2.47. The van der Waals surface area contributed by atoms with Gasteiger partial charge in [-0.05, 0) is 105 Å². The number of carbonyl (C=O) groups is 6. The van der Waals surface area contributed by atoms with E-state index in [1.165, 1.54) is 13.2 Å². The third-order valence-corrected chi connectivity index (χ3v) is 11.7. The highest BCUT2D eigenvalue weighted by Gasteiger charge is 2.41. The number of Topliss-reactive ketones (excluding diaryl/α,β-unsaturated/α-hetero) is 1. The molecule has 2 saturated heterocycles. The van der Waals surface area contributed by atoms with Crippen LogP contribution in [0.2, 0.25) is 0 Å². The summed E-state index contributed by atoms with van der Waals surface area (Å²) in [6.45, 7) is 13.0. The molecule has 2 amide bonds. The van der Waals surface area contributed by atoms with Gasteiger partial charge in [0.2, 0.25) is 17.6 Å².